The molecule has 1 amide bonds. The van der Waals surface area contributed by atoms with Crippen LogP contribution >= 0.6 is 0 Å². The highest BCUT2D eigenvalue weighted by Crippen LogP contribution is 2.12. The zero-order valence-corrected chi connectivity index (χ0v) is 11.8. The van der Waals surface area contributed by atoms with Crippen LogP contribution in [-0.2, 0) is 4.79 Å². The second-order valence-corrected chi connectivity index (χ2v) is 4.32. The number of nitrogens with zero attached hydrogens (tertiary/aromatic N) is 1. The summed E-state index contributed by atoms with van der Waals surface area (Å²) in [6, 6.07) is 7.59. The summed E-state index contributed by atoms with van der Waals surface area (Å²) in [6.45, 7) is 1.67. The summed E-state index contributed by atoms with van der Waals surface area (Å²) in [6.07, 6.45) is 4.37. The number of hydrogen-bond acceptors (Lipinski definition) is 3. The predicted octanol–water partition coefficient (Wildman–Crippen LogP) is 1.78. The molecule has 0 bridgehead atoms. The normalized spacial score (nSPS) is 10.7. The molecular weight excluding hydrogens is 240 g/mol. The first kappa shape index (κ1) is 15.2. The average Bonchev–Trinajstić information content (AvgIpc) is 2.45. The van der Waals surface area contributed by atoms with Crippen molar-refractivity contribution in [2.24, 2.45) is 0 Å². The lowest BCUT2D eigenvalue weighted by atomic mass is 10.2. The first-order chi connectivity index (χ1) is 9.17. The van der Waals surface area contributed by atoms with Crippen LogP contribution < -0.4 is 10.1 Å². The van der Waals surface area contributed by atoms with Crippen molar-refractivity contribution in [1.82, 2.24) is 10.2 Å². The largest absolute Gasteiger partial charge is 0.497 e. The van der Waals surface area contributed by atoms with Crippen molar-refractivity contribution in [2.45, 2.75) is 6.42 Å². The van der Waals surface area contributed by atoms with Crippen molar-refractivity contribution in [3.63, 3.8) is 0 Å². The summed E-state index contributed by atoms with van der Waals surface area (Å²) in [5.74, 6) is 0.833. The van der Waals surface area contributed by atoms with Crippen LogP contribution in [0.25, 0.3) is 6.08 Å². The van der Waals surface area contributed by atoms with Crippen molar-refractivity contribution in [1.29, 1.82) is 0 Å². The zero-order chi connectivity index (χ0) is 14.1. The van der Waals surface area contributed by atoms with Gasteiger partial charge in [-0.25, -0.2) is 0 Å². The standard InChI is InChI=1S/C15H22N2O2/c1-16-11-4-12-17(2)15(18)10-7-13-5-8-14(19-3)9-6-13/h5-10,16H,4,11-12H2,1-3H3. The molecule has 0 fully saturated rings. The van der Waals surface area contributed by atoms with Gasteiger partial charge in [0.1, 0.15) is 5.75 Å². The van der Waals surface area contributed by atoms with E-state index < -0.39 is 0 Å². The van der Waals surface area contributed by atoms with Gasteiger partial charge in [-0.3, -0.25) is 4.79 Å². The van der Waals surface area contributed by atoms with Crippen LogP contribution in [0.4, 0.5) is 0 Å². The van der Waals surface area contributed by atoms with Crippen LogP contribution in [0.5, 0.6) is 5.75 Å². The minimum absolute atomic E-state index is 0.0203. The second-order valence-electron chi connectivity index (χ2n) is 4.32. The van der Waals surface area contributed by atoms with Gasteiger partial charge in [0.25, 0.3) is 0 Å². The van der Waals surface area contributed by atoms with Gasteiger partial charge in [0.2, 0.25) is 5.91 Å². The van der Waals surface area contributed by atoms with E-state index in [1.165, 1.54) is 0 Å². The first-order valence-electron chi connectivity index (χ1n) is 6.39. The Morgan fingerprint density at radius 1 is 1.37 bits per heavy atom. The molecule has 104 valence electrons. The molecule has 0 atom stereocenters. The minimum Gasteiger partial charge on any atom is -0.497 e. The van der Waals surface area contributed by atoms with Gasteiger partial charge in [-0.05, 0) is 43.8 Å². The maximum Gasteiger partial charge on any atom is 0.246 e. The predicted molar refractivity (Wildman–Crippen MR) is 78.2 cm³/mol. The molecule has 0 aliphatic heterocycles. The van der Waals surface area contributed by atoms with E-state index in [4.69, 9.17) is 4.74 Å². The van der Waals surface area contributed by atoms with Crippen molar-refractivity contribution in [3.05, 3.63) is 35.9 Å². The van der Waals surface area contributed by atoms with E-state index in [0.717, 1.165) is 30.8 Å². The number of carbonyl (C=O) groups excluding carboxylic acids is 1. The number of amides is 1. The van der Waals surface area contributed by atoms with E-state index in [9.17, 15) is 4.79 Å². The van der Waals surface area contributed by atoms with Crippen LogP contribution in [0.15, 0.2) is 30.3 Å². The molecule has 0 saturated heterocycles. The molecule has 0 spiro atoms. The third-order valence-corrected chi connectivity index (χ3v) is 2.83. The number of likely N-dealkylation sites (N-methyl/N-ethyl adjacent to an activating group) is 1. The van der Waals surface area contributed by atoms with Crippen LogP contribution in [0.3, 0.4) is 0 Å². The first-order valence-corrected chi connectivity index (χ1v) is 6.39. The number of carbonyl (C=O) groups is 1. The maximum atomic E-state index is 11.8. The van der Waals surface area contributed by atoms with Crippen molar-refractivity contribution in [3.8, 4) is 5.75 Å². The smallest absolute Gasteiger partial charge is 0.246 e. The fourth-order valence-electron chi connectivity index (χ4n) is 1.61. The van der Waals surface area contributed by atoms with Crippen LogP contribution in [0, 0.1) is 0 Å². The Kier molecular flexibility index (Phi) is 6.68. The van der Waals surface area contributed by atoms with Crippen molar-refractivity contribution in [2.75, 3.05) is 34.3 Å². The van der Waals surface area contributed by atoms with Gasteiger partial charge < -0.3 is 15.0 Å². The molecule has 1 aromatic rings. The molecule has 4 nitrogen and oxygen atoms in total. The number of benzene rings is 1. The molecule has 1 rings (SSSR count). The molecule has 1 N–H and O–H groups in total. The van der Waals surface area contributed by atoms with Gasteiger partial charge in [-0.1, -0.05) is 12.1 Å². The van der Waals surface area contributed by atoms with Crippen molar-refractivity contribution < 1.29 is 9.53 Å². The SMILES string of the molecule is CNCCCN(C)C(=O)C=Cc1ccc(OC)cc1. The highest BCUT2D eigenvalue weighted by molar-refractivity contribution is 5.91. The molecule has 0 heterocycles. The topological polar surface area (TPSA) is 41.6 Å². The van der Waals surface area contributed by atoms with Gasteiger partial charge in [-0.15, -0.1) is 0 Å². The fourth-order valence-corrected chi connectivity index (χ4v) is 1.61. The Hall–Kier alpha value is -1.81. The van der Waals surface area contributed by atoms with Gasteiger partial charge in [0.05, 0.1) is 7.11 Å². The molecule has 0 aromatic heterocycles. The van der Waals surface area contributed by atoms with Crippen LogP contribution in [0.2, 0.25) is 0 Å². The molecule has 0 unspecified atom stereocenters. The fraction of sp³-hybridized carbons (Fsp3) is 0.400. The van der Waals surface area contributed by atoms with E-state index in [-0.39, 0.29) is 5.91 Å². The third-order valence-electron chi connectivity index (χ3n) is 2.83. The summed E-state index contributed by atoms with van der Waals surface area (Å²) in [7, 11) is 5.36. The van der Waals surface area contributed by atoms with Gasteiger partial charge in [-0.2, -0.15) is 0 Å². The Balaban J connectivity index is 2.47. The summed E-state index contributed by atoms with van der Waals surface area (Å²) >= 11 is 0. The monoisotopic (exact) mass is 262 g/mol. The summed E-state index contributed by atoms with van der Waals surface area (Å²) in [5, 5.41) is 3.06. The molecule has 19 heavy (non-hydrogen) atoms. The molecular formula is C15H22N2O2. The Morgan fingerprint density at radius 3 is 2.63 bits per heavy atom. The molecule has 0 aliphatic carbocycles. The quantitative estimate of drug-likeness (QED) is 0.601. The van der Waals surface area contributed by atoms with Crippen LogP contribution in [-0.4, -0.2) is 45.1 Å². The number of rotatable bonds is 7. The van der Waals surface area contributed by atoms with Crippen LogP contribution in [0.1, 0.15) is 12.0 Å². The lowest BCUT2D eigenvalue weighted by molar-refractivity contribution is -0.124. The second kappa shape index (κ2) is 8.32. The van der Waals surface area contributed by atoms with E-state index >= 15 is 0 Å². The van der Waals surface area contributed by atoms with Gasteiger partial charge in [0.15, 0.2) is 0 Å². The Labute approximate surface area is 115 Å². The lowest BCUT2D eigenvalue weighted by Crippen LogP contribution is -2.27. The highest BCUT2D eigenvalue weighted by atomic mass is 16.5. The van der Waals surface area contributed by atoms with E-state index in [1.807, 2.05) is 44.4 Å². The Bertz CT molecular complexity index is 413. The Morgan fingerprint density at radius 2 is 2.05 bits per heavy atom. The van der Waals surface area contributed by atoms with Crippen molar-refractivity contribution >= 4 is 12.0 Å². The highest BCUT2D eigenvalue weighted by Gasteiger charge is 2.03. The molecule has 1 aromatic carbocycles. The number of hydrogen-bond donors (Lipinski definition) is 1. The number of methoxy groups -OCH3 is 1. The van der Waals surface area contributed by atoms with E-state index in [0.29, 0.717) is 0 Å². The molecule has 0 aliphatic rings. The van der Waals surface area contributed by atoms with Gasteiger partial charge >= 0.3 is 0 Å². The number of ether oxygens (including phenoxy) is 1. The lowest BCUT2D eigenvalue weighted by Gasteiger charge is -2.14. The molecule has 4 heteroatoms. The van der Waals surface area contributed by atoms with E-state index in [2.05, 4.69) is 5.32 Å². The van der Waals surface area contributed by atoms with E-state index in [1.54, 1.807) is 18.1 Å². The maximum absolute atomic E-state index is 11.8. The summed E-state index contributed by atoms with van der Waals surface area (Å²) in [4.78, 5) is 13.5. The summed E-state index contributed by atoms with van der Waals surface area (Å²) in [5.41, 5.74) is 0.984. The zero-order valence-electron chi connectivity index (χ0n) is 11.8. The average molecular weight is 262 g/mol. The van der Waals surface area contributed by atoms with Gasteiger partial charge in [0, 0.05) is 19.7 Å². The minimum atomic E-state index is 0.0203. The number of nitrogens with one attached hydrogen (secondary N) is 1. The third kappa shape index (κ3) is 5.57. The molecule has 0 radical (unpaired) electrons. The molecule has 0 saturated carbocycles. The summed E-state index contributed by atoms with van der Waals surface area (Å²) < 4.78 is 5.08.